The maximum Gasteiger partial charge on any atom is 0.273 e. The number of halogens is 1. The molecule has 0 radical (unpaired) electrons. The molecule has 0 aliphatic rings. The van der Waals surface area contributed by atoms with Crippen LogP contribution in [0.5, 0.6) is 5.75 Å². The molecule has 2 amide bonds. The first-order valence-electron chi connectivity index (χ1n) is 7.49. The first-order chi connectivity index (χ1) is 12.0. The summed E-state index contributed by atoms with van der Waals surface area (Å²) >= 11 is 5.92. The van der Waals surface area contributed by atoms with Gasteiger partial charge < -0.3 is 9.30 Å². The Hall–Kier alpha value is -2.99. The van der Waals surface area contributed by atoms with Crippen molar-refractivity contribution in [1.29, 1.82) is 0 Å². The standard InChI is InChI=1S/C18H16ClN3O3/c1-22-10-14(12-5-3-4-6-15(12)22)18(24)21-20-17(23)13-9-11(19)7-8-16(13)25-2/h3-10H,1-2H3,(H,20,23)(H,21,24). The van der Waals surface area contributed by atoms with Crippen LogP contribution < -0.4 is 15.6 Å². The highest BCUT2D eigenvalue weighted by molar-refractivity contribution is 6.31. The number of nitrogens with zero attached hydrogens (tertiary/aromatic N) is 1. The molecular weight excluding hydrogens is 342 g/mol. The normalized spacial score (nSPS) is 10.5. The van der Waals surface area contributed by atoms with Gasteiger partial charge in [0, 0.05) is 29.2 Å². The SMILES string of the molecule is COc1ccc(Cl)cc1C(=O)NNC(=O)c1cn(C)c2ccccc12. The molecule has 2 N–H and O–H groups in total. The number of aromatic nitrogens is 1. The average molecular weight is 358 g/mol. The van der Waals surface area contributed by atoms with E-state index in [-0.39, 0.29) is 5.56 Å². The lowest BCUT2D eigenvalue weighted by atomic mass is 10.1. The van der Waals surface area contributed by atoms with Crippen LogP contribution in [0.15, 0.2) is 48.7 Å². The largest absolute Gasteiger partial charge is 0.496 e. The number of benzene rings is 2. The summed E-state index contributed by atoms with van der Waals surface area (Å²) in [4.78, 5) is 24.7. The summed E-state index contributed by atoms with van der Waals surface area (Å²) in [5.41, 5.74) is 6.43. The van der Waals surface area contributed by atoms with Crippen molar-refractivity contribution in [2.24, 2.45) is 7.05 Å². The van der Waals surface area contributed by atoms with E-state index in [1.54, 1.807) is 18.3 Å². The van der Waals surface area contributed by atoms with Crippen molar-refractivity contribution < 1.29 is 14.3 Å². The number of hydrogen-bond acceptors (Lipinski definition) is 3. The summed E-state index contributed by atoms with van der Waals surface area (Å²) in [6.07, 6.45) is 1.71. The fraction of sp³-hybridized carbons (Fsp3) is 0.111. The molecule has 0 saturated carbocycles. The number of nitrogens with one attached hydrogen (secondary N) is 2. The van der Waals surface area contributed by atoms with E-state index < -0.39 is 11.8 Å². The summed E-state index contributed by atoms with van der Waals surface area (Å²) in [5, 5.41) is 1.20. The third-order valence-electron chi connectivity index (χ3n) is 3.84. The van der Waals surface area contributed by atoms with Gasteiger partial charge in [-0.1, -0.05) is 29.8 Å². The van der Waals surface area contributed by atoms with Crippen molar-refractivity contribution in [3.63, 3.8) is 0 Å². The molecule has 3 aromatic rings. The Balaban J connectivity index is 1.78. The zero-order valence-corrected chi connectivity index (χ0v) is 14.4. The van der Waals surface area contributed by atoms with Crippen LogP contribution in [0.2, 0.25) is 5.02 Å². The molecule has 6 nitrogen and oxygen atoms in total. The number of methoxy groups -OCH3 is 1. The van der Waals surface area contributed by atoms with Gasteiger partial charge in [0.25, 0.3) is 11.8 Å². The number of para-hydroxylation sites is 1. The second-order valence-electron chi connectivity index (χ2n) is 5.42. The lowest BCUT2D eigenvalue weighted by Crippen LogP contribution is -2.41. The number of rotatable bonds is 3. The van der Waals surface area contributed by atoms with Crippen molar-refractivity contribution in [2.75, 3.05) is 7.11 Å². The van der Waals surface area contributed by atoms with Crippen LogP contribution in [-0.2, 0) is 7.05 Å². The van der Waals surface area contributed by atoms with E-state index in [0.29, 0.717) is 16.3 Å². The van der Waals surface area contributed by atoms with Crippen LogP contribution in [0.4, 0.5) is 0 Å². The number of carbonyl (C=O) groups excluding carboxylic acids is 2. The van der Waals surface area contributed by atoms with E-state index in [0.717, 1.165) is 10.9 Å². The average Bonchev–Trinajstić information content (AvgIpc) is 2.96. The Morgan fingerprint density at radius 1 is 1.04 bits per heavy atom. The van der Waals surface area contributed by atoms with Crippen molar-refractivity contribution >= 4 is 34.3 Å². The summed E-state index contributed by atoms with van der Waals surface area (Å²) < 4.78 is 6.99. The molecule has 25 heavy (non-hydrogen) atoms. The number of carbonyl (C=O) groups is 2. The maximum absolute atomic E-state index is 12.4. The van der Waals surface area contributed by atoms with Crippen molar-refractivity contribution in [1.82, 2.24) is 15.4 Å². The lowest BCUT2D eigenvalue weighted by molar-refractivity contribution is 0.0845. The van der Waals surface area contributed by atoms with E-state index in [2.05, 4.69) is 10.9 Å². The number of ether oxygens (including phenoxy) is 1. The Bertz CT molecular complexity index is 965. The fourth-order valence-corrected chi connectivity index (χ4v) is 2.80. The summed E-state index contributed by atoms with van der Waals surface area (Å²) in [7, 11) is 3.31. The molecule has 1 aromatic heterocycles. The second-order valence-corrected chi connectivity index (χ2v) is 5.86. The molecule has 2 aromatic carbocycles. The van der Waals surface area contributed by atoms with Gasteiger partial charge in [-0.15, -0.1) is 0 Å². The van der Waals surface area contributed by atoms with E-state index >= 15 is 0 Å². The van der Waals surface area contributed by atoms with Gasteiger partial charge in [0.2, 0.25) is 0 Å². The molecule has 0 bridgehead atoms. The Morgan fingerprint density at radius 3 is 2.44 bits per heavy atom. The molecular formula is C18H16ClN3O3. The van der Waals surface area contributed by atoms with Gasteiger partial charge in [0.1, 0.15) is 5.75 Å². The molecule has 3 rings (SSSR count). The third-order valence-corrected chi connectivity index (χ3v) is 4.07. The quantitative estimate of drug-likeness (QED) is 0.708. The van der Waals surface area contributed by atoms with Crippen molar-refractivity contribution in [2.45, 2.75) is 0 Å². The first kappa shape index (κ1) is 16.9. The van der Waals surface area contributed by atoms with Gasteiger partial charge in [-0.25, -0.2) is 0 Å². The van der Waals surface area contributed by atoms with Gasteiger partial charge in [-0.2, -0.15) is 0 Å². The summed E-state index contributed by atoms with van der Waals surface area (Å²) in [5.74, 6) is -0.569. The highest BCUT2D eigenvalue weighted by Crippen LogP contribution is 2.22. The van der Waals surface area contributed by atoms with E-state index in [1.807, 2.05) is 35.9 Å². The molecule has 0 aliphatic carbocycles. The molecule has 128 valence electrons. The van der Waals surface area contributed by atoms with E-state index in [9.17, 15) is 9.59 Å². The molecule has 1 heterocycles. The van der Waals surface area contributed by atoms with Gasteiger partial charge in [0.05, 0.1) is 18.2 Å². The van der Waals surface area contributed by atoms with E-state index in [4.69, 9.17) is 16.3 Å². The predicted octanol–water partition coefficient (Wildman–Crippen LogP) is 2.92. The van der Waals surface area contributed by atoms with Crippen molar-refractivity contribution in [3.05, 3.63) is 64.8 Å². The Labute approximate surface area is 149 Å². The monoisotopic (exact) mass is 357 g/mol. The molecule has 0 atom stereocenters. The zero-order chi connectivity index (χ0) is 18.0. The topological polar surface area (TPSA) is 72.4 Å². The third kappa shape index (κ3) is 3.29. The molecule has 7 heteroatoms. The minimum absolute atomic E-state index is 0.230. The highest BCUT2D eigenvalue weighted by atomic mass is 35.5. The van der Waals surface area contributed by atoms with Crippen LogP contribution >= 0.6 is 11.6 Å². The minimum Gasteiger partial charge on any atom is -0.496 e. The Kier molecular flexibility index (Phi) is 4.63. The van der Waals surface area contributed by atoms with Crippen LogP contribution in [0.3, 0.4) is 0 Å². The van der Waals surface area contributed by atoms with Crippen LogP contribution in [0, 0.1) is 0 Å². The van der Waals surface area contributed by atoms with Gasteiger partial charge >= 0.3 is 0 Å². The maximum atomic E-state index is 12.4. The minimum atomic E-state index is -0.520. The Morgan fingerprint density at radius 2 is 1.72 bits per heavy atom. The number of hydrogen-bond donors (Lipinski definition) is 2. The van der Waals surface area contributed by atoms with E-state index in [1.165, 1.54) is 13.2 Å². The molecule has 0 fully saturated rings. The predicted molar refractivity (Wildman–Crippen MR) is 95.9 cm³/mol. The first-order valence-corrected chi connectivity index (χ1v) is 7.87. The summed E-state index contributed by atoms with van der Waals surface area (Å²) in [6, 6.07) is 12.2. The van der Waals surface area contributed by atoms with Crippen LogP contribution in [0.1, 0.15) is 20.7 Å². The smallest absolute Gasteiger partial charge is 0.273 e. The second kappa shape index (κ2) is 6.86. The zero-order valence-electron chi connectivity index (χ0n) is 13.7. The number of aryl methyl sites for hydroxylation is 1. The fourth-order valence-electron chi connectivity index (χ4n) is 2.63. The number of fused-ring (bicyclic) bond motifs is 1. The number of amides is 2. The molecule has 0 spiro atoms. The highest BCUT2D eigenvalue weighted by Gasteiger charge is 2.17. The van der Waals surface area contributed by atoms with Crippen LogP contribution in [0.25, 0.3) is 10.9 Å². The van der Waals surface area contributed by atoms with Gasteiger partial charge in [-0.3, -0.25) is 20.4 Å². The van der Waals surface area contributed by atoms with Gasteiger partial charge in [0.15, 0.2) is 0 Å². The number of hydrazine groups is 1. The summed E-state index contributed by atoms with van der Waals surface area (Å²) in [6.45, 7) is 0. The lowest BCUT2D eigenvalue weighted by Gasteiger charge is -2.10. The molecule has 0 aliphatic heterocycles. The van der Waals surface area contributed by atoms with Crippen molar-refractivity contribution in [3.8, 4) is 5.75 Å². The molecule has 0 saturated heterocycles. The molecule has 0 unspecified atom stereocenters. The van der Waals surface area contributed by atoms with Crippen LogP contribution in [-0.4, -0.2) is 23.5 Å². The van der Waals surface area contributed by atoms with Gasteiger partial charge in [-0.05, 0) is 24.3 Å².